The molecule has 0 saturated heterocycles. The molecule has 138 valence electrons. The summed E-state index contributed by atoms with van der Waals surface area (Å²) in [4.78, 5) is 24.8. The molecule has 6 atom stereocenters. The van der Waals surface area contributed by atoms with Crippen LogP contribution < -0.4 is 0 Å². The molecule has 0 unspecified atom stereocenters. The second-order valence-corrected chi connectivity index (χ2v) is 7.62. The van der Waals surface area contributed by atoms with Crippen molar-refractivity contribution < 1.29 is 19.4 Å². The molecule has 24 heavy (non-hydrogen) atoms. The highest BCUT2D eigenvalue weighted by molar-refractivity contribution is 5.80. The minimum absolute atomic E-state index is 0.0176. The van der Waals surface area contributed by atoms with Crippen molar-refractivity contribution in [3.8, 4) is 0 Å². The monoisotopic (exact) mass is 338 g/mol. The van der Waals surface area contributed by atoms with Crippen LogP contribution in [0.5, 0.6) is 0 Å². The van der Waals surface area contributed by atoms with Crippen LogP contribution in [0.25, 0.3) is 0 Å². The van der Waals surface area contributed by atoms with E-state index in [1.54, 1.807) is 6.92 Å². The Kier molecular flexibility index (Phi) is 8.14. The Hall–Kier alpha value is -1.16. The highest BCUT2D eigenvalue weighted by atomic mass is 16.5. The first-order chi connectivity index (χ1) is 11.2. The Morgan fingerprint density at radius 1 is 1.21 bits per heavy atom. The summed E-state index contributed by atoms with van der Waals surface area (Å²) in [6.07, 6.45) is 3.68. The van der Waals surface area contributed by atoms with Crippen molar-refractivity contribution in [2.24, 2.45) is 23.7 Å². The Bertz CT molecular complexity index is 468. The molecule has 1 rings (SSSR count). The van der Waals surface area contributed by atoms with Gasteiger partial charge in [-0.1, -0.05) is 33.8 Å². The fraction of sp³-hybridized carbons (Fsp3) is 0.800. The zero-order chi connectivity index (χ0) is 18.4. The molecule has 0 spiro atoms. The number of carbonyl (C=O) groups is 2. The van der Waals surface area contributed by atoms with Gasteiger partial charge in [-0.15, -0.1) is 0 Å². The van der Waals surface area contributed by atoms with E-state index in [0.717, 1.165) is 18.4 Å². The Balaban J connectivity index is 3.05. The first-order valence-corrected chi connectivity index (χ1v) is 9.26. The third kappa shape index (κ3) is 5.73. The fourth-order valence-corrected chi connectivity index (χ4v) is 3.47. The van der Waals surface area contributed by atoms with Gasteiger partial charge < -0.3 is 9.84 Å². The molecule has 0 aromatic rings. The summed E-state index contributed by atoms with van der Waals surface area (Å²) in [5, 5.41) is 10.4. The third-order valence-corrected chi connectivity index (χ3v) is 5.28. The second kappa shape index (κ2) is 9.36. The number of allylic oxidation sites excluding steroid dienone is 1. The van der Waals surface area contributed by atoms with Crippen LogP contribution in [-0.2, 0) is 14.3 Å². The summed E-state index contributed by atoms with van der Waals surface area (Å²) < 4.78 is 5.66. The standard InChI is InChI=1S/C20H34O4/c1-7-18-14(4)11-13(3)17(21)9-8-12(2)10-15(5)19(22)16(6)20(23)24-18/h10,12-14,16,18-19,22H,7-9,11H2,1-6H3/b15-10+/t12-,13+,14+,16+,18+,19-/m0/s1. The summed E-state index contributed by atoms with van der Waals surface area (Å²) >= 11 is 0. The first-order valence-electron chi connectivity index (χ1n) is 9.26. The molecule has 0 radical (unpaired) electrons. The minimum Gasteiger partial charge on any atom is -0.462 e. The van der Waals surface area contributed by atoms with Crippen LogP contribution >= 0.6 is 0 Å². The van der Waals surface area contributed by atoms with Crippen LogP contribution in [0.2, 0.25) is 0 Å². The third-order valence-electron chi connectivity index (χ3n) is 5.28. The normalized spacial score (nSPS) is 39.5. The van der Waals surface area contributed by atoms with E-state index in [4.69, 9.17) is 4.74 Å². The topological polar surface area (TPSA) is 63.6 Å². The summed E-state index contributed by atoms with van der Waals surface area (Å²) in [5.74, 6) is -0.376. The zero-order valence-electron chi connectivity index (χ0n) is 16.0. The van der Waals surface area contributed by atoms with E-state index in [1.165, 1.54) is 0 Å². The number of ketones is 1. The second-order valence-electron chi connectivity index (χ2n) is 7.62. The quantitative estimate of drug-likeness (QED) is 0.581. The summed E-state index contributed by atoms with van der Waals surface area (Å²) in [6, 6.07) is 0. The molecule has 0 amide bonds. The van der Waals surface area contributed by atoms with Gasteiger partial charge in [0.05, 0.1) is 12.0 Å². The van der Waals surface area contributed by atoms with Crippen molar-refractivity contribution >= 4 is 11.8 Å². The van der Waals surface area contributed by atoms with Crippen LogP contribution in [0.3, 0.4) is 0 Å². The Morgan fingerprint density at radius 3 is 2.42 bits per heavy atom. The predicted molar refractivity (Wildman–Crippen MR) is 95.4 cm³/mol. The maximum atomic E-state index is 12.4. The number of Topliss-reactive ketones (excluding diaryl/α,β-unsaturated/α-hetero) is 1. The maximum Gasteiger partial charge on any atom is 0.311 e. The number of aliphatic hydroxyl groups is 1. The molecule has 0 aromatic heterocycles. The van der Waals surface area contributed by atoms with Gasteiger partial charge in [-0.2, -0.15) is 0 Å². The van der Waals surface area contributed by atoms with Crippen molar-refractivity contribution in [3.05, 3.63) is 11.6 Å². The van der Waals surface area contributed by atoms with Crippen LogP contribution in [0.1, 0.15) is 67.2 Å². The van der Waals surface area contributed by atoms with E-state index in [0.29, 0.717) is 12.8 Å². The molecule has 0 aliphatic carbocycles. The smallest absolute Gasteiger partial charge is 0.311 e. The van der Waals surface area contributed by atoms with Crippen molar-refractivity contribution in [2.45, 2.75) is 79.4 Å². The number of carbonyl (C=O) groups excluding carboxylic acids is 2. The van der Waals surface area contributed by atoms with Crippen LogP contribution in [0.15, 0.2) is 11.6 Å². The molecule has 4 nitrogen and oxygen atoms in total. The fourth-order valence-electron chi connectivity index (χ4n) is 3.47. The van der Waals surface area contributed by atoms with Gasteiger partial charge >= 0.3 is 5.97 Å². The number of esters is 1. The van der Waals surface area contributed by atoms with Gasteiger partial charge in [-0.05, 0) is 50.5 Å². The molecule has 4 heteroatoms. The lowest BCUT2D eigenvalue weighted by Gasteiger charge is -2.28. The molecule has 1 aliphatic heterocycles. The van der Waals surface area contributed by atoms with E-state index in [2.05, 4.69) is 0 Å². The van der Waals surface area contributed by atoms with E-state index in [1.807, 2.05) is 40.7 Å². The average Bonchev–Trinajstić information content (AvgIpc) is 2.54. The lowest BCUT2D eigenvalue weighted by molar-refractivity contribution is -0.159. The number of aliphatic hydroxyl groups excluding tert-OH is 1. The van der Waals surface area contributed by atoms with E-state index < -0.39 is 12.0 Å². The molecule has 1 heterocycles. The summed E-state index contributed by atoms with van der Waals surface area (Å²) in [6.45, 7) is 11.6. The van der Waals surface area contributed by atoms with Crippen LogP contribution in [0.4, 0.5) is 0 Å². The molecule has 1 aliphatic rings. The van der Waals surface area contributed by atoms with Gasteiger partial charge in [0, 0.05) is 12.3 Å². The molecule has 0 bridgehead atoms. The van der Waals surface area contributed by atoms with Crippen molar-refractivity contribution in [2.75, 3.05) is 0 Å². The lowest BCUT2D eigenvalue weighted by atomic mass is 9.86. The number of ether oxygens (including phenoxy) is 1. The maximum absolute atomic E-state index is 12.4. The molecular formula is C20H34O4. The molecule has 0 saturated carbocycles. The van der Waals surface area contributed by atoms with E-state index in [9.17, 15) is 14.7 Å². The van der Waals surface area contributed by atoms with E-state index in [-0.39, 0.29) is 35.6 Å². The lowest BCUT2D eigenvalue weighted by Crippen LogP contribution is -2.34. The van der Waals surface area contributed by atoms with Gasteiger partial charge in [0.25, 0.3) is 0 Å². The zero-order valence-corrected chi connectivity index (χ0v) is 16.0. The Labute approximate surface area is 146 Å². The van der Waals surface area contributed by atoms with Crippen LogP contribution in [0, 0.1) is 23.7 Å². The van der Waals surface area contributed by atoms with Crippen LogP contribution in [-0.4, -0.2) is 29.1 Å². The Morgan fingerprint density at radius 2 is 1.83 bits per heavy atom. The van der Waals surface area contributed by atoms with Gasteiger partial charge in [0.1, 0.15) is 11.9 Å². The number of hydrogen-bond acceptors (Lipinski definition) is 4. The molecular weight excluding hydrogens is 304 g/mol. The highest BCUT2D eigenvalue weighted by Crippen LogP contribution is 2.26. The summed E-state index contributed by atoms with van der Waals surface area (Å²) in [7, 11) is 0. The number of hydrogen-bond donors (Lipinski definition) is 1. The first kappa shape index (κ1) is 20.9. The minimum atomic E-state index is -0.842. The van der Waals surface area contributed by atoms with Crippen molar-refractivity contribution in [3.63, 3.8) is 0 Å². The number of rotatable bonds is 1. The highest BCUT2D eigenvalue weighted by Gasteiger charge is 2.30. The number of cyclic esters (lactones) is 1. The average molecular weight is 338 g/mol. The molecule has 1 N–H and O–H groups in total. The van der Waals surface area contributed by atoms with Crippen molar-refractivity contribution in [1.29, 1.82) is 0 Å². The molecule has 0 fully saturated rings. The molecule has 0 aromatic carbocycles. The van der Waals surface area contributed by atoms with Gasteiger partial charge in [-0.3, -0.25) is 9.59 Å². The van der Waals surface area contributed by atoms with Crippen molar-refractivity contribution in [1.82, 2.24) is 0 Å². The predicted octanol–water partition coefficient (Wildman–Crippen LogP) is 3.91. The van der Waals surface area contributed by atoms with Gasteiger partial charge in [0.15, 0.2) is 0 Å². The van der Waals surface area contributed by atoms with Gasteiger partial charge in [0.2, 0.25) is 0 Å². The SMILES string of the molecule is CC[C@H]1OC(=O)[C@H](C)[C@@H](O)/C(C)=C/[C@@H](C)CCC(=O)[C@H](C)C[C@H]1C. The largest absolute Gasteiger partial charge is 0.462 e. The summed E-state index contributed by atoms with van der Waals surface area (Å²) in [5.41, 5.74) is 0.769. The van der Waals surface area contributed by atoms with E-state index >= 15 is 0 Å². The van der Waals surface area contributed by atoms with Gasteiger partial charge in [-0.25, -0.2) is 0 Å².